The Balaban J connectivity index is 2.04. The molecule has 1 aromatic rings. The summed E-state index contributed by atoms with van der Waals surface area (Å²) in [6.45, 7) is 0. The standard InChI is InChI=1S/C13H15N3O/c14-8-7-12(15)9-3-5-11(6-4-9)16-13(17)10-1-2-10/h3-8,10,14H,1-2,15H2,(H,16,17). The largest absolute Gasteiger partial charge is 0.398 e. The lowest BCUT2D eigenvalue weighted by Crippen LogP contribution is -2.13. The van der Waals surface area contributed by atoms with Gasteiger partial charge in [-0.1, -0.05) is 12.1 Å². The van der Waals surface area contributed by atoms with Crippen LogP contribution in [0.5, 0.6) is 0 Å². The van der Waals surface area contributed by atoms with E-state index in [9.17, 15) is 4.79 Å². The Morgan fingerprint density at radius 3 is 2.53 bits per heavy atom. The summed E-state index contributed by atoms with van der Waals surface area (Å²) in [4.78, 5) is 11.5. The first kappa shape index (κ1) is 11.4. The molecule has 1 aliphatic carbocycles. The number of benzene rings is 1. The first-order valence-electron chi connectivity index (χ1n) is 5.58. The van der Waals surface area contributed by atoms with Crippen LogP contribution in [0, 0.1) is 11.3 Å². The van der Waals surface area contributed by atoms with E-state index in [1.165, 1.54) is 6.08 Å². The molecule has 2 rings (SSSR count). The minimum absolute atomic E-state index is 0.0979. The molecular formula is C13H15N3O. The minimum atomic E-state index is 0.0979. The minimum Gasteiger partial charge on any atom is -0.398 e. The topological polar surface area (TPSA) is 79.0 Å². The van der Waals surface area contributed by atoms with Gasteiger partial charge in [0.2, 0.25) is 5.91 Å². The molecule has 1 aromatic carbocycles. The van der Waals surface area contributed by atoms with Crippen LogP contribution in [0.15, 0.2) is 30.3 Å². The molecule has 4 N–H and O–H groups in total. The average Bonchev–Trinajstić information content (AvgIpc) is 3.14. The molecule has 0 atom stereocenters. The van der Waals surface area contributed by atoms with Gasteiger partial charge in [-0.2, -0.15) is 0 Å². The molecule has 17 heavy (non-hydrogen) atoms. The lowest BCUT2D eigenvalue weighted by Gasteiger charge is -2.05. The van der Waals surface area contributed by atoms with Crippen LogP contribution in [0.2, 0.25) is 0 Å². The summed E-state index contributed by atoms with van der Waals surface area (Å²) in [5.74, 6) is 0.304. The molecule has 1 fully saturated rings. The van der Waals surface area contributed by atoms with Gasteiger partial charge < -0.3 is 16.5 Å². The average molecular weight is 229 g/mol. The molecule has 0 aromatic heterocycles. The van der Waals surface area contributed by atoms with Crippen LogP contribution in [-0.2, 0) is 4.79 Å². The third-order valence-electron chi connectivity index (χ3n) is 2.70. The van der Waals surface area contributed by atoms with Gasteiger partial charge in [0, 0.05) is 23.5 Å². The Kier molecular flexibility index (Phi) is 3.23. The molecule has 1 saturated carbocycles. The SMILES string of the molecule is N=CC=C(N)c1ccc(NC(=O)C2CC2)cc1. The number of allylic oxidation sites excluding steroid dienone is 1. The van der Waals surface area contributed by atoms with Gasteiger partial charge in [-0.3, -0.25) is 4.79 Å². The predicted molar refractivity (Wildman–Crippen MR) is 68.7 cm³/mol. The van der Waals surface area contributed by atoms with E-state index < -0.39 is 0 Å². The summed E-state index contributed by atoms with van der Waals surface area (Å²) in [6, 6.07) is 7.30. The fourth-order valence-corrected chi connectivity index (χ4v) is 1.52. The summed E-state index contributed by atoms with van der Waals surface area (Å²) in [6.07, 6.45) is 4.67. The molecule has 88 valence electrons. The van der Waals surface area contributed by atoms with Crippen molar-refractivity contribution in [2.75, 3.05) is 5.32 Å². The molecule has 4 nitrogen and oxygen atoms in total. The zero-order valence-electron chi connectivity index (χ0n) is 9.44. The van der Waals surface area contributed by atoms with Gasteiger partial charge >= 0.3 is 0 Å². The van der Waals surface area contributed by atoms with E-state index in [2.05, 4.69) is 5.32 Å². The van der Waals surface area contributed by atoms with Gasteiger partial charge in [-0.05, 0) is 36.6 Å². The Morgan fingerprint density at radius 2 is 2.00 bits per heavy atom. The number of carbonyl (C=O) groups excluding carboxylic acids is 1. The van der Waals surface area contributed by atoms with E-state index in [4.69, 9.17) is 11.1 Å². The smallest absolute Gasteiger partial charge is 0.227 e. The number of hydrogen-bond donors (Lipinski definition) is 3. The molecule has 0 unspecified atom stereocenters. The molecule has 1 aliphatic rings. The van der Waals surface area contributed by atoms with Gasteiger partial charge in [0.15, 0.2) is 0 Å². The van der Waals surface area contributed by atoms with E-state index in [0.29, 0.717) is 5.70 Å². The van der Waals surface area contributed by atoms with Crippen molar-refractivity contribution >= 4 is 23.5 Å². The van der Waals surface area contributed by atoms with Gasteiger partial charge in [-0.15, -0.1) is 0 Å². The highest BCUT2D eigenvalue weighted by Crippen LogP contribution is 2.30. The first-order chi connectivity index (χ1) is 8.20. The number of nitrogens with two attached hydrogens (primary N) is 1. The maximum Gasteiger partial charge on any atom is 0.227 e. The molecule has 4 heteroatoms. The third-order valence-corrected chi connectivity index (χ3v) is 2.70. The monoisotopic (exact) mass is 229 g/mol. The Morgan fingerprint density at radius 1 is 1.35 bits per heavy atom. The third kappa shape index (κ3) is 2.93. The lowest BCUT2D eigenvalue weighted by atomic mass is 10.1. The van der Waals surface area contributed by atoms with Gasteiger partial charge in [0.25, 0.3) is 0 Å². The quantitative estimate of drug-likeness (QED) is 0.690. The van der Waals surface area contributed by atoms with Crippen molar-refractivity contribution in [1.29, 1.82) is 5.41 Å². The van der Waals surface area contributed by atoms with E-state index in [1.54, 1.807) is 0 Å². The second-order valence-electron chi connectivity index (χ2n) is 4.13. The van der Waals surface area contributed by atoms with Crippen molar-refractivity contribution in [1.82, 2.24) is 0 Å². The highest BCUT2D eigenvalue weighted by atomic mass is 16.2. The van der Waals surface area contributed by atoms with Crippen LogP contribution < -0.4 is 11.1 Å². The molecule has 1 amide bonds. The van der Waals surface area contributed by atoms with E-state index in [0.717, 1.165) is 30.3 Å². The number of carbonyl (C=O) groups is 1. The van der Waals surface area contributed by atoms with E-state index >= 15 is 0 Å². The lowest BCUT2D eigenvalue weighted by molar-refractivity contribution is -0.117. The van der Waals surface area contributed by atoms with Crippen molar-refractivity contribution in [3.05, 3.63) is 35.9 Å². The second-order valence-corrected chi connectivity index (χ2v) is 4.13. The van der Waals surface area contributed by atoms with Crippen molar-refractivity contribution in [2.45, 2.75) is 12.8 Å². The zero-order valence-corrected chi connectivity index (χ0v) is 9.44. The Hall–Kier alpha value is -2.10. The van der Waals surface area contributed by atoms with Crippen LogP contribution >= 0.6 is 0 Å². The number of hydrogen-bond acceptors (Lipinski definition) is 3. The molecule has 0 bridgehead atoms. The van der Waals surface area contributed by atoms with Crippen molar-refractivity contribution in [3.8, 4) is 0 Å². The summed E-state index contributed by atoms with van der Waals surface area (Å²) in [7, 11) is 0. The zero-order chi connectivity index (χ0) is 12.3. The van der Waals surface area contributed by atoms with Crippen molar-refractivity contribution < 1.29 is 4.79 Å². The molecule has 0 aliphatic heterocycles. The molecule has 0 radical (unpaired) electrons. The molecule has 0 saturated heterocycles. The summed E-state index contributed by atoms with van der Waals surface area (Å²) >= 11 is 0. The van der Waals surface area contributed by atoms with Gasteiger partial charge in [0.1, 0.15) is 0 Å². The normalized spacial score (nSPS) is 15.4. The predicted octanol–water partition coefficient (Wildman–Crippen LogP) is 1.98. The number of nitrogens with one attached hydrogen (secondary N) is 2. The Labute approximate surface area is 100 Å². The van der Waals surface area contributed by atoms with Crippen LogP contribution in [0.4, 0.5) is 5.69 Å². The molecular weight excluding hydrogens is 214 g/mol. The highest BCUT2D eigenvalue weighted by Gasteiger charge is 2.29. The van der Waals surface area contributed by atoms with Gasteiger partial charge in [-0.25, -0.2) is 0 Å². The van der Waals surface area contributed by atoms with Gasteiger partial charge in [0.05, 0.1) is 0 Å². The Bertz CT molecular complexity index is 458. The number of rotatable bonds is 4. The second kappa shape index (κ2) is 4.82. The number of amides is 1. The maximum atomic E-state index is 11.5. The fraction of sp³-hybridized carbons (Fsp3) is 0.231. The highest BCUT2D eigenvalue weighted by molar-refractivity contribution is 5.94. The maximum absolute atomic E-state index is 11.5. The van der Waals surface area contributed by atoms with Crippen molar-refractivity contribution in [3.63, 3.8) is 0 Å². The van der Waals surface area contributed by atoms with E-state index in [1.807, 2.05) is 24.3 Å². The summed E-state index contributed by atoms with van der Waals surface area (Å²) in [5, 5.41) is 9.79. The summed E-state index contributed by atoms with van der Waals surface area (Å²) in [5.41, 5.74) is 7.91. The fourth-order valence-electron chi connectivity index (χ4n) is 1.52. The number of anilines is 1. The summed E-state index contributed by atoms with van der Waals surface area (Å²) < 4.78 is 0. The van der Waals surface area contributed by atoms with Crippen LogP contribution in [0.1, 0.15) is 18.4 Å². The molecule has 0 heterocycles. The molecule has 0 spiro atoms. The van der Waals surface area contributed by atoms with Crippen LogP contribution in [0.25, 0.3) is 5.70 Å². The van der Waals surface area contributed by atoms with E-state index in [-0.39, 0.29) is 11.8 Å². The van der Waals surface area contributed by atoms with Crippen LogP contribution in [-0.4, -0.2) is 12.1 Å². The van der Waals surface area contributed by atoms with Crippen LogP contribution in [0.3, 0.4) is 0 Å². The van der Waals surface area contributed by atoms with Crippen molar-refractivity contribution in [2.24, 2.45) is 11.7 Å². The first-order valence-corrected chi connectivity index (χ1v) is 5.58.